The minimum atomic E-state index is -5.94. The van der Waals surface area contributed by atoms with E-state index in [0.29, 0.717) is 0 Å². The number of amides is 1. The second-order valence-electron chi connectivity index (χ2n) is 6.33. The summed E-state index contributed by atoms with van der Waals surface area (Å²) in [6.07, 6.45) is -1.41. The second-order valence-corrected chi connectivity index (χ2v) is 7.94. The summed E-state index contributed by atoms with van der Waals surface area (Å²) in [5.74, 6) is -5.38. The van der Waals surface area contributed by atoms with Crippen molar-refractivity contribution in [3.8, 4) is 0 Å². The van der Waals surface area contributed by atoms with Crippen molar-refractivity contribution in [2.24, 2.45) is 5.92 Å². The number of nitrogens with zero attached hydrogens (tertiary/aromatic N) is 1. The molecule has 1 fully saturated rings. The number of rotatable bonds is 3. The zero-order valence-corrected chi connectivity index (χ0v) is 14.0. The molecule has 0 radical (unpaired) electrons. The fourth-order valence-corrected chi connectivity index (χ4v) is 2.39. The van der Waals surface area contributed by atoms with Gasteiger partial charge in [-0.2, -0.15) is 21.6 Å². The molecule has 142 valence electrons. The summed E-state index contributed by atoms with van der Waals surface area (Å²) in [5, 5.41) is 0. The van der Waals surface area contributed by atoms with Crippen LogP contribution in [0.1, 0.15) is 27.2 Å². The molecule has 6 nitrogen and oxygen atoms in total. The molecule has 1 aliphatic heterocycles. The number of piperidine rings is 1. The van der Waals surface area contributed by atoms with Gasteiger partial charge in [0.25, 0.3) is 5.92 Å². The van der Waals surface area contributed by atoms with Crippen molar-refractivity contribution in [1.29, 1.82) is 0 Å². The minimum absolute atomic E-state index is 0.218. The lowest BCUT2D eigenvalue weighted by Crippen LogP contribution is -2.53. The normalized spacial score (nSPS) is 22.3. The second kappa shape index (κ2) is 6.62. The molecule has 1 atom stereocenters. The van der Waals surface area contributed by atoms with Crippen LogP contribution in [0.4, 0.5) is 26.7 Å². The van der Waals surface area contributed by atoms with Gasteiger partial charge in [0.05, 0.1) is 19.1 Å². The van der Waals surface area contributed by atoms with Gasteiger partial charge in [-0.3, -0.25) is 4.18 Å². The van der Waals surface area contributed by atoms with Gasteiger partial charge in [0.1, 0.15) is 5.60 Å². The molecule has 0 N–H and O–H groups in total. The monoisotopic (exact) mass is 383 g/mol. The summed E-state index contributed by atoms with van der Waals surface area (Å²) in [6.45, 7) is 2.01. The van der Waals surface area contributed by atoms with E-state index in [4.69, 9.17) is 4.74 Å². The lowest BCUT2D eigenvalue weighted by Gasteiger charge is -2.38. The first-order valence-corrected chi connectivity index (χ1v) is 8.27. The summed E-state index contributed by atoms with van der Waals surface area (Å²) in [6, 6.07) is 0. The molecule has 0 bridgehead atoms. The van der Waals surface area contributed by atoms with Crippen LogP contribution in [0, 0.1) is 5.92 Å². The Morgan fingerprint density at radius 2 is 1.79 bits per heavy atom. The van der Waals surface area contributed by atoms with E-state index in [1.165, 1.54) is 0 Å². The summed E-state index contributed by atoms with van der Waals surface area (Å²) in [7, 11) is -5.94. The standard InChI is InChI=1S/C12H18F5NO5S/c1-10(2,3)23-9(19)18-5-4-8(11(13,14)7-18)6-22-24(20,21)12(15,16)17/h8H,4-7H2,1-3H3. The van der Waals surface area contributed by atoms with Crippen LogP contribution in [-0.2, 0) is 19.0 Å². The molecule has 12 heteroatoms. The summed E-state index contributed by atoms with van der Waals surface area (Å²) >= 11 is 0. The Morgan fingerprint density at radius 3 is 2.21 bits per heavy atom. The Morgan fingerprint density at radius 1 is 1.25 bits per heavy atom. The Labute approximate surface area is 136 Å². The number of hydrogen-bond acceptors (Lipinski definition) is 5. The van der Waals surface area contributed by atoms with Crippen molar-refractivity contribution in [2.45, 2.75) is 44.2 Å². The molecule has 0 aromatic rings. The number of likely N-dealkylation sites (tertiary alicyclic amines) is 1. The topological polar surface area (TPSA) is 72.9 Å². The van der Waals surface area contributed by atoms with Crippen molar-refractivity contribution in [3.63, 3.8) is 0 Å². The van der Waals surface area contributed by atoms with Gasteiger partial charge in [0, 0.05) is 6.54 Å². The number of alkyl halides is 5. The largest absolute Gasteiger partial charge is 0.523 e. The highest BCUT2D eigenvalue weighted by atomic mass is 32.2. The van der Waals surface area contributed by atoms with Gasteiger partial charge >= 0.3 is 21.7 Å². The molecule has 1 unspecified atom stereocenters. The SMILES string of the molecule is CC(C)(C)OC(=O)N1CCC(COS(=O)(=O)C(F)(F)F)C(F)(F)C1. The maximum absolute atomic E-state index is 14.0. The van der Waals surface area contributed by atoms with Crippen LogP contribution in [0.15, 0.2) is 0 Å². The van der Waals surface area contributed by atoms with Gasteiger partial charge < -0.3 is 9.64 Å². The van der Waals surface area contributed by atoms with Crippen molar-refractivity contribution in [2.75, 3.05) is 19.7 Å². The van der Waals surface area contributed by atoms with Gasteiger partial charge in [0.15, 0.2) is 0 Å². The van der Waals surface area contributed by atoms with E-state index in [-0.39, 0.29) is 6.54 Å². The fraction of sp³-hybridized carbons (Fsp3) is 0.917. The van der Waals surface area contributed by atoms with E-state index in [9.17, 15) is 35.2 Å². The van der Waals surface area contributed by atoms with Gasteiger partial charge in [-0.05, 0) is 27.2 Å². The van der Waals surface area contributed by atoms with Crippen LogP contribution >= 0.6 is 0 Å². The third-order valence-corrected chi connectivity index (χ3v) is 4.12. The van der Waals surface area contributed by atoms with Crippen molar-refractivity contribution in [3.05, 3.63) is 0 Å². The molecule has 0 aliphatic carbocycles. The van der Waals surface area contributed by atoms with E-state index in [0.717, 1.165) is 4.90 Å². The van der Waals surface area contributed by atoms with Crippen LogP contribution in [0.25, 0.3) is 0 Å². The molecular weight excluding hydrogens is 365 g/mol. The smallest absolute Gasteiger partial charge is 0.444 e. The molecule has 0 saturated carbocycles. The third kappa shape index (κ3) is 5.43. The van der Waals surface area contributed by atoms with E-state index >= 15 is 0 Å². The van der Waals surface area contributed by atoms with Gasteiger partial charge in [0.2, 0.25) is 0 Å². The maximum atomic E-state index is 14.0. The number of halogens is 5. The summed E-state index contributed by atoms with van der Waals surface area (Å²) in [5.41, 5.74) is -6.58. The Balaban J connectivity index is 2.69. The Bertz CT molecular complexity index is 569. The molecule has 1 aliphatic rings. The summed E-state index contributed by atoms with van der Waals surface area (Å²) in [4.78, 5) is 12.5. The van der Waals surface area contributed by atoms with Crippen LogP contribution in [0.3, 0.4) is 0 Å². The maximum Gasteiger partial charge on any atom is 0.523 e. The van der Waals surface area contributed by atoms with Crippen LogP contribution < -0.4 is 0 Å². The average molecular weight is 383 g/mol. The van der Waals surface area contributed by atoms with Crippen molar-refractivity contribution >= 4 is 16.2 Å². The van der Waals surface area contributed by atoms with E-state index in [2.05, 4.69) is 4.18 Å². The lowest BCUT2D eigenvalue weighted by atomic mass is 9.94. The first-order valence-electron chi connectivity index (χ1n) is 6.86. The van der Waals surface area contributed by atoms with Crippen molar-refractivity contribution in [1.82, 2.24) is 4.90 Å². The molecule has 1 amide bonds. The van der Waals surface area contributed by atoms with Gasteiger partial charge in [-0.1, -0.05) is 0 Å². The predicted molar refractivity (Wildman–Crippen MR) is 71.8 cm³/mol. The number of hydrogen-bond donors (Lipinski definition) is 0. The fourth-order valence-electron chi connectivity index (χ4n) is 1.91. The van der Waals surface area contributed by atoms with Crippen LogP contribution in [-0.4, -0.2) is 56.1 Å². The quantitative estimate of drug-likeness (QED) is 0.426. The molecule has 1 saturated heterocycles. The molecule has 0 aromatic carbocycles. The lowest BCUT2D eigenvalue weighted by molar-refractivity contribution is -0.122. The highest BCUT2D eigenvalue weighted by molar-refractivity contribution is 7.87. The molecule has 24 heavy (non-hydrogen) atoms. The molecule has 0 aromatic heterocycles. The zero-order valence-electron chi connectivity index (χ0n) is 13.2. The molecule has 1 rings (SSSR count). The predicted octanol–water partition coefficient (Wildman–Crippen LogP) is 2.74. The highest BCUT2D eigenvalue weighted by Crippen LogP contribution is 2.35. The first kappa shape index (κ1) is 20.9. The molecular formula is C12H18F5NO5S. The zero-order chi connectivity index (χ0) is 19.0. The molecule has 0 spiro atoms. The van der Waals surface area contributed by atoms with Gasteiger partial charge in [-0.25, -0.2) is 13.6 Å². The minimum Gasteiger partial charge on any atom is -0.444 e. The third-order valence-electron chi connectivity index (χ3n) is 3.11. The highest BCUT2D eigenvalue weighted by Gasteiger charge is 2.51. The number of carbonyl (C=O) groups is 1. The van der Waals surface area contributed by atoms with Crippen LogP contribution in [0.2, 0.25) is 0 Å². The molecule has 1 heterocycles. The first-order chi connectivity index (χ1) is 10.6. The number of ether oxygens (including phenoxy) is 1. The van der Waals surface area contributed by atoms with Crippen LogP contribution in [0.5, 0.6) is 0 Å². The Kier molecular flexibility index (Phi) is 5.76. The van der Waals surface area contributed by atoms with Crippen molar-refractivity contribution < 1.29 is 44.1 Å². The van der Waals surface area contributed by atoms with E-state index in [1.807, 2.05) is 0 Å². The Hall–Kier alpha value is -1.17. The van der Waals surface area contributed by atoms with Gasteiger partial charge in [-0.15, -0.1) is 0 Å². The number of carbonyl (C=O) groups excluding carboxylic acids is 1. The van der Waals surface area contributed by atoms with E-state index < -0.39 is 58.7 Å². The average Bonchev–Trinajstić information content (AvgIpc) is 2.32. The summed E-state index contributed by atoms with van der Waals surface area (Å²) < 4.78 is 94.5. The van der Waals surface area contributed by atoms with E-state index in [1.54, 1.807) is 20.8 Å².